The Balaban J connectivity index is 2.08. The third-order valence-electron chi connectivity index (χ3n) is 2.19. The molecule has 2 rings (SSSR count). The predicted molar refractivity (Wildman–Crippen MR) is 55.6 cm³/mol. The number of benzene rings is 1. The molecule has 0 unspecified atom stereocenters. The average Bonchev–Trinajstić information content (AvgIpc) is 2.80. The van der Waals surface area contributed by atoms with Gasteiger partial charge in [-0.25, -0.2) is 0 Å². The number of hydrogen-bond acceptors (Lipinski definition) is 4. The van der Waals surface area contributed by atoms with Crippen LogP contribution >= 0.6 is 0 Å². The first-order valence-corrected chi connectivity index (χ1v) is 4.80. The number of carboxylic acids is 1. The predicted octanol–water partition coefficient (Wildman–Crippen LogP) is 0.884. The number of aryl methyl sites for hydroxylation is 1. The molecule has 0 aliphatic rings. The molecule has 0 bridgehead atoms. The highest BCUT2D eigenvalue weighted by atomic mass is 16.4. The minimum Gasteiger partial charge on any atom is -0.481 e. The van der Waals surface area contributed by atoms with E-state index in [1.54, 1.807) is 0 Å². The largest absolute Gasteiger partial charge is 0.481 e. The van der Waals surface area contributed by atoms with Crippen LogP contribution in [0.4, 0.5) is 0 Å². The molecule has 0 saturated carbocycles. The highest BCUT2D eigenvalue weighted by molar-refractivity contribution is 5.67. The Bertz CT molecular complexity index is 464. The fourth-order valence-corrected chi connectivity index (χ4v) is 1.36. The molecule has 6 heteroatoms. The summed E-state index contributed by atoms with van der Waals surface area (Å²) < 4.78 is 0. The summed E-state index contributed by atoms with van der Waals surface area (Å²) in [7, 11) is 0. The molecule has 0 aliphatic heterocycles. The first-order valence-electron chi connectivity index (χ1n) is 4.80. The molecule has 0 saturated heterocycles. The minimum absolute atomic E-state index is 0.140. The van der Waals surface area contributed by atoms with Crippen molar-refractivity contribution in [1.29, 1.82) is 0 Å². The van der Waals surface area contributed by atoms with Crippen molar-refractivity contribution in [3.8, 4) is 11.4 Å². The van der Waals surface area contributed by atoms with Crippen molar-refractivity contribution < 1.29 is 9.90 Å². The Morgan fingerprint density at radius 3 is 2.62 bits per heavy atom. The van der Waals surface area contributed by atoms with E-state index in [9.17, 15) is 4.79 Å². The second-order valence-corrected chi connectivity index (χ2v) is 3.33. The highest BCUT2D eigenvalue weighted by Gasteiger charge is 2.03. The van der Waals surface area contributed by atoms with Crippen LogP contribution in [-0.2, 0) is 11.2 Å². The van der Waals surface area contributed by atoms with Crippen molar-refractivity contribution in [3.05, 3.63) is 29.8 Å². The lowest BCUT2D eigenvalue weighted by Crippen LogP contribution is -1.97. The van der Waals surface area contributed by atoms with Crippen LogP contribution in [0.5, 0.6) is 0 Å². The van der Waals surface area contributed by atoms with E-state index in [1.807, 2.05) is 24.3 Å². The molecule has 1 heterocycles. The van der Waals surface area contributed by atoms with Gasteiger partial charge in [0.05, 0.1) is 0 Å². The third-order valence-corrected chi connectivity index (χ3v) is 2.19. The van der Waals surface area contributed by atoms with Crippen LogP contribution in [0.2, 0.25) is 0 Å². The van der Waals surface area contributed by atoms with Crippen LogP contribution in [0.25, 0.3) is 11.4 Å². The molecule has 1 aromatic heterocycles. The van der Waals surface area contributed by atoms with Crippen molar-refractivity contribution in [2.24, 2.45) is 0 Å². The van der Waals surface area contributed by atoms with Gasteiger partial charge in [0.1, 0.15) is 0 Å². The lowest BCUT2D eigenvalue weighted by molar-refractivity contribution is -0.136. The zero-order valence-electron chi connectivity index (χ0n) is 8.42. The Hall–Kier alpha value is -2.24. The number of nitrogens with zero attached hydrogens (tertiary/aromatic N) is 3. The number of aliphatic carboxylic acids is 1. The number of hydrogen-bond donors (Lipinski definition) is 2. The maximum absolute atomic E-state index is 10.4. The summed E-state index contributed by atoms with van der Waals surface area (Å²) in [6, 6.07) is 7.44. The van der Waals surface area contributed by atoms with Crippen LogP contribution in [0, 0.1) is 0 Å². The molecule has 0 fully saturated rings. The van der Waals surface area contributed by atoms with E-state index in [-0.39, 0.29) is 6.42 Å². The normalized spacial score (nSPS) is 10.2. The van der Waals surface area contributed by atoms with Gasteiger partial charge in [0.15, 0.2) is 0 Å². The summed E-state index contributed by atoms with van der Waals surface area (Å²) in [5.41, 5.74) is 1.84. The van der Waals surface area contributed by atoms with Gasteiger partial charge < -0.3 is 5.11 Å². The number of H-pyrrole nitrogens is 1. The first kappa shape index (κ1) is 10.3. The lowest BCUT2D eigenvalue weighted by Gasteiger charge is -1.99. The first-order chi connectivity index (χ1) is 7.75. The molecular weight excluding hydrogens is 208 g/mol. The van der Waals surface area contributed by atoms with Crippen molar-refractivity contribution in [2.75, 3.05) is 0 Å². The monoisotopic (exact) mass is 218 g/mol. The molecule has 16 heavy (non-hydrogen) atoms. The SMILES string of the molecule is O=C(O)CCc1ccc(-c2nn[nH]n2)cc1. The standard InChI is InChI=1S/C10H10N4O2/c15-9(16)6-3-7-1-4-8(5-2-7)10-11-13-14-12-10/h1-2,4-5H,3,6H2,(H,15,16)(H,11,12,13,14). The number of carbonyl (C=O) groups is 1. The highest BCUT2D eigenvalue weighted by Crippen LogP contribution is 2.14. The molecule has 1 aromatic carbocycles. The van der Waals surface area contributed by atoms with Gasteiger partial charge in [0.25, 0.3) is 0 Å². The molecule has 2 aromatic rings. The van der Waals surface area contributed by atoms with Crippen LogP contribution < -0.4 is 0 Å². The molecule has 0 atom stereocenters. The Labute approximate surface area is 91.3 Å². The van der Waals surface area contributed by atoms with Crippen molar-refractivity contribution >= 4 is 5.97 Å². The van der Waals surface area contributed by atoms with Gasteiger partial charge in [0.2, 0.25) is 5.82 Å². The van der Waals surface area contributed by atoms with Crippen LogP contribution in [0.3, 0.4) is 0 Å². The fraction of sp³-hybridized carbons (Fsp3) is 0.200. The molecule has 0 radical (unpaired) electrons. The average molecular weight is 218 g/mol. The van der Waals surface area contributed by atoms with Gasteiger partial charge in [-0.3, -0.25) is 4.79 Å². The number of nitrogens with one attached hydrogen (secondary N) is 1. The lowest BCUT2D eigenvalue weighted by atomic mass is 10.1. The molecular formula is C10H10N4O2. The van der Waals surface area contributed by atoms with Gasteiger partial charge in [-0.15, -0.1) is 10.2 Å². The summed E-state index contributed by atoms with van der Waals surface area (Å²) in [4.78, 5) is 10.4. The van der Waals surface area contributed by atoms with Gasteiger partial charge in [0, 0.05) is 12.0 Å². The summed E-state index contributed by atoms with van der Waals surface area (Å²) in [6.07, 6.45) is 0.670. The van der Waals surface area contributed by atoms with Crippen molar-refractivity contribution in [3.63, 3.8) is 0 Å². The molecule has 6 nitrogen and oxygen atoms in total. The van der Waals surface area contributed by atoms with E-state index >= 15 is 0 Å². The topological polar surface area (TPSA) is 91.8 Å². The van der Waals surface area contributed by atoms with Crippen LogP contribution in [0.1, 0.15) is 12.0 Å². The van der Waals surface area contributed by atoms with Crippen LogP contribution in [-0.4, -0.2) is 31.7 Å². The van der Waals surface area contributed by atoms with E-state index in [0.717, 1.165) is 11.1 Å². The molecule has 0 amide bonds. The third kappa shape index (κ3) is 2.41. The Morgan fingerprint density at radius 1 is 1.31 bits per heavy atom. The summed E-state index contributed by atoms with van der Waals surface area (Å²) >= 11 is 0. The zero-order chi connectivity index (χ0) is 11.4. The van der Waals surface area contributed by atoms with Gasteiger partial charge in [-0.1, -0.05) is 24.3 Å². The quantitative estimate of drug-likeness (QED) is 0.794. The number of tetrazole rings is 1. The number of carboxylic acid groups (broad SMARTS) is 1. The fourth-order valence-electron chi connectivity index (χ4n) is 1.36. The second kappa shape index (κ2) is 4.52. The molecule has 0 spiro atoms. The van der Waals surface area contributed by atoms with Crippen molar-refractivity contribution in [1.82, 2.24) is 20.6 Å². The van der Waals surface area contributed by atoms with E-state index in [1.165, 1.54) is 0 Å². The van der Waals surface area contributed by atoms with E-state index in [0.29, 0.717) is 12.2 Å². The molecule has 2 N–H and O–H groups in total. The zero-order valence-corrected chi connectivity index (χ0v) is 8.42. The summed E-state index contributed by atoms with van der Waals surface area (Å²) in [5.74, 6) is -0.257. The molecule has 82 valence electrons. The van der Waals surface area contributed by atoms with Gasteiger partial charge >= 0.3 is 5.97 Å². The second-order valence-electron chi connectivity index (χ2n) is 3.33. The Morgan fingerprint density at radius 2 is 2.06 bits per heavy atom. The van der Waals surface area contributed by atoms with E-state index < -0.39 is 5.97 Å². The van der Waals surface area contributed by atoms with E-state index in [2.05, 4.69) is 20.6 Å². The number of rotatable bonds is 4. The summed E-state index contributed by atoms with van der Waals surface area (Å²) in [6.45, 7) is 0. The minimum atomic E-state index is -0.790. The van der Waals surface area contributed by atoms with Gasteiger partial charge in [-0.05, 0) is 17.2 Å². The van der Waals surface area contributed by atoms with E-state index in [4.69, 9.17) is 5.11 Å². The maximum Gasteiger partial charge on any atom is 0.303 e. The smallest absolute Gasteiger partial charge is 0.303 e. The maximum atomic E-state index is 10.4. The van der Waals surface area contributed by atoms with Gasteiger partial charge in [-0.2, -0.15) is 5.21 Å². The number of aromatic amines is 1. The molecule has 0 aliphatic carbocycles. The van der Waals surface area contributed by atoms with Crippen molar-refractivity contribution in [2.45, 2.75) is 12.8 Å². The summed E-state index contributed by atoms with van der Waals surface area (Å²) in [5, 5.41) is 22.1. The van der Waals surface area contributed by atoms with Crippen LogP contribution in [0.15, 0.2) is 24.3 Å². The number of aromatic nitrogens is 4. The Kier molecular flexibility index (Phi) is 2.90.